The van der Waals surface area contributed by atoms with Gasteiger partial charge in [0.1, 0.15) is 17.3 Å². The van der Waals surface area contributed by atoms with Crippen molar-refractivity contribution in [2.24, 2.45) is 0 Å². The molecule has 0 radical (unpaired) electrons. The van der Waals surface area contributed by atoms with Crippen molar-refractivity contribution in [2.75, 3.05) is 12.4 Å². The van der Waals surface area contributed by atoms with Crippen molar-refractivity contribution in [3.8, 4) is 5.75 Å². The molecular formula is C24H19N5O3S. The summed E-state index contributed by atoms with van der Waals surface area (Å²) in [6.45, 7) is -0.248. The maximum Gasteiger partial charge on any atom is 0.351 e. The van der Waals surface area contributed by atoms with Crippen molar-refractivity contribution >= 4 is 40.0 Å². The summed E-state index contributed by atoms with van der Waals surface area (Å²) in [5, 5.41) is 7.84. The highest BCUT2D eigenvalue weighted by atomic mass is 32.2. The molecule has 2 heterocycles. The zero-order valence-corrected chi connectivity index (χ0v) is 18.5. The minimum atomic E-state index is -0.409. The van der Waals surface area contributed by atoms with Gasteiger partial charge in [-0.3, -0.25) is 4.79 Å². The van der Waals surface area contributed by atoms with E-state index < -0.39 is 5.69 Å². The highest BCUT2D eigenvalue weighted by Gasteiger charge is 2.18. The molecular weight excluding hydrogens is 438 g/mol. The summed E-state index contributed by atoms with van der Waals surface area (Å²) in [4.78, 5) is 31.7. The number of anilines is 1. The average molecular weight is 458 g/mol. The lowest BCUT2D eigenvalue weighted by Gasteiger charge is -2.09. The van der Waals surface area contributed by atoms with Gasteiger partial charge in [-0.25, -0.2) is 18.9 Å². The first-order valence-corrected chi connectivity index (χ1v) is 11.0. The second-order valence-corrected chi connectivity index (χ2v) is 8.23. The molecule has 0 aliphatic heterocycles. The van der Waals surface area contributed by atoms with E-state index in [1.807, 2.05) is 60.7 Å². The van der Waals surface area contributed by atoms with Crippen molar-refractivity contribution < 1.29 is 9.53 Å². The Hall–Kier alpha value is -4.11. The second-order valence-electron chi connectivity index (χ2n) is 7.17. The molecule has 0 saturated carbocycles. The van der Waals surface area contributed by atoms with Gasteiger partial charge < -0.3 is 10.1 Å². The number of benzene rings is 3. The summed E-state index contributed by atoms with van der Waals surface area (Å²) in [6, 6.07) is 24.2. The maximum absolute atomic E-state index is 13.3. The standard InChI is InChI=1S/C24H19N5O3S/c1-32-20-14-8-6-12-18(20)25-21(30)15-28-24(31)29-19-13-7-5-11-17(19)26-23(22(29)27-28)33-16-9-3-2-4-10-16/h2-14H,15H2,1H3,(H,25,30). The van der Waals surface area contributed by atoms with Gasteiger partial charge in [0.05, 0.1) is 23.8 Å². The van der Waals surface area contributed by atoms with Crippen LogP contribution in [0.3, 0.4) is 0 Å². The molecule has 0 unspecified atom stereocenters. The third-order valence-electron chi connectivity index (χ3n) is 5.01. The van der Waals surface area contributed by atoms with Gasteiger partial charge in [0.15, 0.2) is 5.65 Å². The SMILES string of the molecule is COc1ccccc1NC(=O)Cn1nc2c(Sc3ccccc3)nc3ccccc3n2c1=O. The monoisotopic (exact) mass is 457 g/mol. The van der Waals surface area contributed by atoms with E-state index in [2.05, 4.69) is 10.4 Å². The number of para-hydroxylation sites is 4. The quantitative estimate of drug-likeness (QED) is 0.417. The first kappa shape index (κ1) is 20.8. The number of ether oxygens (including phenoxy) is 1. The zero-order chi connectivity index (χ0) is 22.8. The Balaban J connectivity index is 1.56. The van der Waals surface area contributed by atoms with Crippen LogP contribution in [0.25, 0.3) is 16.7 Å². The van der Waals surface area contributed by atoms with Crippen molar-refractivity contribution in [1.29, 1.82) is 0 Å². The fraction of sp³-hybridized carbons (Fsp3) is 0.0833. The lowest BCUT2D eigenvalue weighted by atomic mass is 10.3. The van der Waals surface area contributed by atoms with Crippen LogP contribution in [-0.4, -0.2) is 32.2 Å². The Morgan fingerprint density at radius 2 is 1.73 bits per heavy atom. The third kappa shape index (κ3) is 4.06. The van der Waals surface area contributed by atoms with E-state index >= 15 is 0 Å². The molecule has 2 aromatic heterocycles. The average Bonchev–Trinajstić information content (AvgIpc) is 3.16. The van der Waals surface area contributed by atoms with Gasteiger partial charge in [-0.15, -0.1) is 5.10 Å². The molecule has 33 heavy (non-hydrogen) atoms. The summed E-state index contributed by atoms with van der Waals surface area (Å²) in [6.07, 6.45) is 0. The maximum atomic E-state index is 13.3. The number of methoxy groups -OCH3 is 1. The van der Waals surface area contributed by atoms with E-state index in [0.717, 1.165) is 9.58 Å². The molecule has 0 bridgehead atoms. The number of hydrogen-bond donors (Lipinski definition) is 1. The molecule has 0 atom stereocenters. The van der Waals surface area contributed by atoms with Crippen LogP contribution in [0.4, 0.5) is 5.69 Å². The first-order valence-electron chi connectivity index (χ1n) is 10.2. The Morgan fingerprint density at radius 1 is 1.00 bits per heavy atom. The van der Waals surface area contributed by atoms with Gasteiger partial charge >= 0.3 is 5.69 Å². The topological polar surface area (TPSA) is 90.5 Å². The number of fused-ring (bicyclic) bond motifs is 3. The normalized spacial score (nSPS) is 11.1. The van der Waals surface area contributed by atoms with Gasteiger partial charge in [-0.05, 0) is 36.4 Å². The van der Waals surface area contributed by atoms with E-state index in [1.54, 1.807) is 18.2 Å². The van der Waals surface area contributed by atoms with E-state index in [-0.39, 0.29) is 12.5 Å². The van der Waals surface area contributed by atoms with Gasteiger partial charge in [0.2, 0.25) is 5.91 Å². The van der Waals surface area contributed by atoms with E-state index in [9.17, 15) is 9.59 Å². The molecule has 0 aliphatic carbocycles. The Morgan fingerprint density at radius 3 is 2.55 bits per heavy atom. The van der Waals surface area contributed by atoms with Crippen molar-refractivity contribution in [2.45, 2.75) is 16.5 Å². The van der Waals surface area contributed by atoms with Crippen LogP contribution < -0.4 is 15.7 Å². The second kappa shape index (κ2) is 8.79. The smallest absolute Gasteiger partial charge is 0.351 e. The summed E-state index contributed by atoms with van der Waals surface area (Å²) >= 11 is 1.42. The number of carbonyl (C=O) groups is 1. The number of carbonyl (C=O) groups excluding carboxylic acids is 1. The number of amides is 1. The van der Waals surface area contributed by atoms with E-state index in [1.165, 1.54) is 23.3 Å². The van der Waals surface area contributed by atoms with Gasteiger partial charge in [-0.1, -0.05) is 54.2 Å². The Bertz CT molecular complexity index is 1530. The van der Waals surface area contributed by atoms with Crippen LogP contribution in [0.5, 0.6) is 5.75 Å². The summed E-state index contributed by atoms with van der Waals surface area (Å²) in [5.41, 5.74) is 1.82. The Labute approximate surface area is 192 Å². The fourth-order valence-electron chi connectivity index (χ4n) is 3.52. The molecule has 0 saturated heterocycles. The number of nitrogens with one attached hydrogen (secondary N) is 1. The minimum Gasteiger partial charge on any atom is -0.495 e. The minimum absolute atomic E-state index is 0.248. The highest BCUT2D eigenvalue weighted by molar-refractivity contribution is 7.99. The molecule has 0 spiro atoms. The van der Waals surface area contributed by atoms with Crippen LogP contribution in [0.2, 0.25) is 0 Å². The number of rotatable bonds is 6. The van der Waals surface area contributed by atoms with Crippen LogP contribution in [0, 0.1) is 0 Å². The predicted octanol–water partition coefficient (Wildman–Crippen LogP) is 3.84. The van der Waals surface area contributed by atoms with Gasteiger partial charge in [0, 0.05) is 4.90 Å². The molecule has 164 valence electrons. The molecule has 8 nitrogen and oxygen atoms in total. The molecule has 0 aliphatic rings. The predicted molar refractivity (Wildman–Crippen MR) is 127 cm³/mol. The summed E-state index contributed by atoms with van der Waals surface area (Å²) in [7, 11) is 1.53. The van der Waals surface area contributed by atoms with Crippen LogP contribution >= 0.6 is 11.8 Å². The largest absolute Gasteiger partial charge is 0.495 e. The number of hydrogen-bond acceptors (Lipinski definition) is 6. The number of aromatic nitrogens is 4. The molecule has 0 fully saturated rings. The molecule has 5 rings (SSSR count). The zero-order valence-electron chi connectivity index (χ0n) is 17.6. The van der Waals surface area contributed by atoms with E-state index in [0.29, 0.717) is 33.1 Å². The molecule has 3 aromatic carbocycles. The summed E-state index contributed by atoms with van der Waals surface area (Å²) < 4.78 is 7.93. The van der Waals surface area contributed by atoms with Crippen LogP contribution in [0.1, 0.15) is 0 Å². The van der Waals surface area contributed by atoms with Crippen LogP contribution in [-0.2, 0) is 11.3 Å². The van der Waals surface area contributed by atoms with Crippen LogP contribution in [0.15, 0.2) is 93.6 Å². The number of nitrogens with zero attached hydrogens (tertiary/aromatic N) is 4. The lowest BCUT2D eigenvalue weighted by molar-refractivity contribution is -0.117. The molecule has 9 heteroatoms. The third-order valence-corrected chi connectivity index (χ3v) is 5.98. The van der Waals surface area contributed by atoms with Crippen molar-refractivity contribution in [1.82, 2.24) is 19.2 Å². The van der Waals surface area contributed by atoms with Crippen molar-refractivity contribution in [3.05, 3.63) is 89.3 Å². The van der Waals surface area contributed by atoms with Gasteiger partial charge in [-0.2, -0.15) is 0 Å². The lowest BCUT2D eigenvalue weighted by Crippen LogP contribution is -2.28. The van der Waals surface area contributed by atoms with Crippen molar-refractivity contribution in [3.63, 3.8) is 0 Å². The fourth-order valence-corrected chi connectivity index (χ4v) is 4.40. The molecule has 5 aromatic rings. The molecule has 1 N–H and O–H groups in total. The highest BCUT2D eigenvalue weighted by Crippen LogP contribution is 2.30. The van der Waals surface area contributed by atoms with E-state index in [4.69, 9.17) is 9.72 Å². The Kier molecular flexibility index (Phi) is 5.54. The summed E-state index contributed by atoms with van der Waals surface area (Å²) in [5.74, 6) is 0.143. The van der Waals surface area contributed by atoms with Gasteiger partial charge in [0.25, 0.3) is 0 Å². The molecule has 1 amide bonds. The first-order chi connectivity index (χ1) is 16.1.